The van der Waals surface area contributed by atoms with E-state index in [0.29, 0.717) is 11.3 Å². The van der Waals surface area contributed by atoms with Gasteiger partial charge in [-0.15, -0.1) is 0 Å². The van der Waals surface area contributed by atoms with Crippen molar-refractivity contribution in [3.63, 3.8) is 0 Å². The first kappa shape index (κ1) is 12.4. The van der Waals surface area contributed by atoms with Crippen LogP contribution in [0.1, 0.15) is 43.6 Å². The van der Waals surface area contributed by atoms with Gasteiger partial charge < -0.3 is 4.74 Å². The van der Waals surface area contributed by atoms with Crippen molar-refractivity contribution in [2.45, 2.75) is 33.1 Å². The van der Waals surface area contributed by atoms with Gasteiger partial charge in [-0.05, 0) is 23.6 Å². The molecule has 0 saturated heterocycles. The minimum absolute atomic E-state index is 0.177. The summed E-state index contributed by atoms with van der Waals surface area (Å²) in [6.45, 7) is 7.37. The lowest BCUT2D eigenvalue weighted by Crippen LogP contribution is -2.15. The Bertz CT molecular complexity index is 414. The van der Waals surface area contributed by atoms with Crippen LogP contribution in [0.2, 0.25) is 0 Å². The fourth-order valence-corrected chi connectivity index (χ4v) is 1.45. The second-order valence-electron chi connectivity index (χ2n) is 4.72. The van der Waals surface area contributed by atoms with Crippen LogP contribution in [0.4, 0.5) is 0 Å². The fourth-order valence-electron chi connectivity index (χ4n) is 1.45. The summed E-state index contributed by atoms with van der Waals surface area (Å²) in [7, 11) is 0. The molecule has 0 aliphatic carbocycles. The molecule has 3 nitrogen and oxygen atoms in total. The number of esters is 1. The zero-order valence-electron chi connectivity index (χ0n) is 10.0. The molecule has 0 aromatic heterocycles. The lowest BCUT2D eigenvalue weighted by atomic mass is 9.85. The molecule has 0 saturated carbocycles. The Balaban J connectivity index is 3.27. The lowest BCUT2D eigenvalue weighted by Gasteiger charge is -2.22. The molecule has 1 aromatic rings. The van der Waals surface area contributed by atoms with Crippen molar-refractivity contribution in [2.24, 2.45) is 0 Å². The van der Waals surface area contributed by atoms with Crippen LogP contribution in [0.15, 0.2) is 18.2 Å². The molecule has 0 heterocycles. The second kappa shape index (κ2) is 4.47. The lowest BCUT2D eigenvalue weighted by molar-refractivity contribution is -0.131. The van der Waals surface area contributed by atoms with Crippen LogP contribution >= 0.6 is 0 Å². The molecule has 0 amide bonds. The normalized spacial score (nSPS) is 11.0. The first-order valence-electron chi connectivity index (χ1n) is 5.12. The SMILES string of the molecule is CC(=O)Oc1ccc(C=O)cc1C(C)(C)C. The molecule has 0 atom stereocenters. The fraction of sp³-hybridized carbons (Fsp3) is 0.385. The highest BCUT2D eigenvalue weighted by atomic mass is 16.5. The summed E-state index contributed by atoms with van der Waals surface area (Å²) in [5.41, 5.74) is 1.26. The monoisotopic (exact) mass is 220 g/mol. The van der Waals surface area contributed by atoms with Gasteiger partial charge in [0, 0.05) is 18.1 Å². The van der Waals surface area contributed by atoms with Crippen LogP contribution in [0.3, 0.4) is 0 Å². The molecule has 3 heteroatoms. The van der Waals surface area contributed by atoms with Crippen molar-refractivity contribution in [2.75, 3.05) is 0 Å². The summed E-state index contributed by atoms with van der Waals surface area (Å²) in [6, 6.07) is 5.05. The third-order valence-corrected chi connectivity index (χ3v) is 2.20. The number of carbonyl (C=O) groups excluding carboxylic acids is 2. The van der Waals surface area contributed by atoms with Gasteiger partial charge in [0.15, 0.2) is 0 Å². The van der Waals surface area contributed by atoms with Gasteiger partial charge in [-0.3, -0.25) is 9.59 Å². The average Bonchev–Trinajstić information content (AvgIpc) is 2.15. The number of hydrogen-bond acceptors (Lipinski definition) is 3. The molecular weight excluding hydrogens is 204 g/mol. The van der Waals surface area contributed by atoms with Gasteiger partial charge in [-0.25, -0.2) is 0 Å². The number of carbonyl (C=O) groups is 2. The van der Waals surface area contributed by atoms with Gasteiger partial charge in [0.25, 0.3) is 0 Å². The molecule has 16 heavy (non-hydrogen) atoms. The Morgan fingerprint density at radius 1 is 1.31 bits per heavy atom. The molecular formula is C13H16O3. The number of ether oxygens (including phenoxy) is 1. The highest BCUT2D eigenvalue weighted by Crippen LogP contribution is 2.31. The number of hydrogen-bond donors (Lipinski definition) is 0. The summed E-state index contributed by atoms with van der Waals surface area (Å²) < 4.78 is 5.12. The van der Waals surface area contributed by atoms with Crippen molar-refractivity contribution >= 4 is 12.3 Å². The van der Waals surface area contributed by atoms with Crippen LogP contribution in [-0.2, 0) is 10.2 Å². The number of rotatable bonds is 2. The van der Waals surface area contributed by atoms with Crippen molar-refractivity contribution in [1.29, 1.82) is 0 Å². The standard InChI is InChI=1S/C13H16O3/c1-9(15)16-12-6-5-10(8-14)7-11(12)13(2,3)4/h5-8H,1-4H3. The maximum Gasteiger partial charge on any atom is 0.308 e. The van der Waals surface area contributed by atoms with Crippen molar-refractivity contribution in [1.82, 2.24) is 0 Å². The topological polar surface area (TPSA) is 43.4 Å². The zero-order valence-corrected chi connectivity index (χ0v) is 10.0. The molecule has 0 unspecified atom stereocenters. The second-order valence-corrected chi connectivity index (χ2v) is 4.72. The summed E-state index contributed by atoms with van der Waals surface area (Å²) in [5, 5.41) is 0. The number of benzene rings is 1. The molecule has 0 aliphatic rings. The van der Waals surface area contributed by atoms with Crippen LogP contribution in [0.25, 0.3) is 0 Å². The Morgan fingerprint density at radius 3 is 2.38 bits per heavy atom. The van der Waals surface area contributed by atoms with E-state index in [0.717, 1.165) is 11.8 Å². The van der Waals surface area contributed by atoms with E-state index in [1.165, 1.54) is 6.92 Å². The van der Waals surface area contributed by atoms with Crippen LogP contribution in [0.5, 0.6) is 5.75 Å². The van der Waals surface area contributed by atoms with E-state index < -0.39 is 0 Å². The minimum atomic E-state index is -0.357. The predicted molar refractivity (Wildman–Crippen MR) is 61.8 cm³/mol. The molecule has 0 bridgehead atoms. The Kier molecular flexibility index (Phi) is 3.48. The van der Waals surface area contributed by atoms with Crippen molar-refractivity contribution < 1.29 is 14.3 Å². The molecule has 1 rings (SSSR count). The highest BCUT2D eigenvalue weighted by Gasteiger charge is 2.20. The van der Waals surface area contributed by atoms with E-state index in [9.17, 15) is 9.59 Å². The molecule has 0 N–H and O–H groups in total. The third kappa shape index (κ3) is 2.92. The van der Waals surface area contributed by atoms with E-state index in [2.05, 4.69) is 0 Å². The van der Waals surface area contributed by atoms with Gasteiger partial charge in [0.1, 0.15) is 12.0 Å². The maximum atomic E-state index is 11.0. The van der Waals surface area contributed by atoms with Gasteiger partial charge in [0.05, 0.1) is 0 Å². The Morgan fingerprint density at radius 2 is 1.94 bits per heavy atom. The van der Waals surface area contributed by atoms with Gasteiger partial charge in [-0.1, -0.05) is 20.8 Å². The van der Waals surface area contributed by atoms with Crippen LogP contribution < -0.4 is 4.74 Å². The summed E-state index contributed by atoms with van der Waals surface area (Å²) in [4.78, 5) is 21.7. The van der Waals surface area contributed by atoms with Gasteiger partial charge in [-0.2, -0.15) is 0 Å². The largest absolute Gasteiger partial charge is 0.426 e. The van der Waals surface area contributed by atoms with E-state index in [-0.39, 0.29) is 11.4 Å². The smallest absolute Gasteiger partial charge is 0.308 e. The Hall–Kier alpha value is -1.64. The summed E-state index contributed by atoms with van der Waals surface area (Å²) in [5.74, 6) is 0.162. The predicted octanol–water partition coefficient (Wildman–Crippen LogP) is 2.72. The molecule has 0 aliphatic heterocycles. The average molecular weight is 220 g/mol. The van der Waals surface area contributed by atoms with Crippen molar-refractivity contribution in [3.05, 3.63) is 29.3 Å². The molecule has 0 radical (unpaired) electrons. The van der Waals surface area contributed by atoms with Crippen molar-refractivity contribution in [3.8, 4) is 5.75 Å². The van der Waals surface area contributed by atoms with Gasteiger partial charge >= 0.3 is 5.97 Å². The third-order valence-electron chi connectivity index (χ3n) is 2.20. The molecule has 86 valence electrons. The quantitative estimate of drug-likeness (QED) is 0.437. The summed E-state index contributed by atoms with van der Waals surface area (Å²) in [6.07, 6.45) is 0.785. The van der Waals surface area contributed by atoms with Crippen LogP contribution in [0, 0.1) is 0 Å². The van der Waals surface area contributed by atoms with Crippen LogP contribution in [-0.4, -0.2) is 12.3 Å². The highest BCUT2D eigenvalue weighted by molar-refractivity contribution is 5.77. The van der Waals surface area contributed by atoms with E-state index in [1.807, 2.05) is 20.8 Å². The molecule has 0 spiro atoms. The van der Waals surface area contributed by atoms with E-state index in [1.54, 1.807) is 18.2 Å². The first-order valence-corrected chi connectivity index (χ1v) is 5.12. The Labute approximate surface area is 95.4 Å². The van der Waals surface area contributed by atoms with Gasteiger partial charge in [0.2, 0.25) is 0 Å². The molecule has 0 fully saturated rings. The zero-order chi connectivity index (χ0) is 12.3. The minimum Gasteiger partial charge on any atom is -0.426 e. The van der Waals surface area contributed by atoms with E-state index in [4.69, 9.17) is 4.74 Å². The summed E-state index contributed by atoms with van der Waals surface area (Å²) >= 11 is 0. The first-order chi connectivity index (χ1) is 7.34. The van der Waals surface area contributed by atoms with E-state index >= 15 is 0 Å². The number of aldehydes is 1. The maximum absolute atomic E-state index is 11.0. The molecule has 1 aromatic carbocycles.